The maximum Gasteiger partial charge on any atom is 0.255 e. The molecule has 4 rings (SSSR count). The molecule has 29 heavy (non-hydrogen) atoms. The lowest BCUT2D eigenvalue weighted by molar-refractivity contribution is 0.0302. The highest BCUT2D eigenvalue weighted by molar-refractivity contribution is 6.32. The van der Waals surface area contributed by atoms with Crippen LogP contribution in [0.2, 0.25) is 5.02 Å². The minimum absolute atomic E-state index is 0.0655. The standard InChI is InChI=1S/C21H21ClN2O5/c1-13-15(21(26)24-5-7-27-8-6-24)3-2-4-17(13)23-20(25)14-11-16(22)19-18(12-14)28-9-10-29-19/h2-4,11-12H,5-10H2,1H3,(H,23,25). The van der Waals surface area contributed by atoms with Gasteiger partial charge in [-0.1, -0.05) is 17.7 Å². The molecule has 0 radical (unpaired) electrons. The number of nitrogens with zero attached hydrogens (tertiary/aromatic N) is 1. The van der Waals surface area contributed by atoms with Crippen molar-refractivity contribution in [1.29, 1.82) is 0 Å². The van der Waals surface area contributed by atoms with Crippen molar-refractivity contribution in [2.45, 2.75) is 6.92 Å². The summed E-state index contributed by atoms with van der Waals surface area (Å²) in [7, 11) is 0. The fraction of sp³-hybridized carbons (Fsp3) is 0.333. The van der Waals surface area contributed by atoms with E-state index in [1.54, 1.807) is 35.2 Å². The Morgan fingerprint density at radius 2 is 1.83 bits per heavy atom. The number of amides is 2. The highest BCUT2D eigenvalue weighted by Gasteiger charge is 2.23. The van der Waals surface area contributed by atoms with Crippen molar-refractivity contribution < 1.29 is 23.8 Å². The average Bonchev–Trinajstić information content (AvgIpc) is 2.75. The first kappa shape index (κ1) is 19.5. The summed E-state index contributed by atoms with van der Waals surface area (Å²) in [5.41, 5.74) is 2.19. The number of halogens is 1. The van der Waals surface area contributed by atoms with E-state index in [1.165, 1.54) is 0 Å². The zero-order chi connectivity index (χ0) is 20.4. The second kappa shape index (κ2) is 8.31. The second-order valence-electron chi connectivity index (χ2n) is 6.82. The number of nitrogens with one attached hydrogen (secondary N) is 1. The van der Waals surface area contributed by atoms with Crippen LogP contribution in [0.25, 0.3) is 0 Å². The largest absolute Gasteiger partial charge is 0.486 e. The Balaban J connectivity index is 1.56. The molecule has 2 amide bonds. The van der Waals surface area contributed by atoms with Gasteiger partial charge >= 0.3 is 0 Å². The summed E-state index contributed by atoms with van der Waals surface area (Å²) in [5.74, 6) is 0.484. The number of hydrogen-bond acceptors (Lipinski definition) is 5. The number of hydrogen-bond donors (Lipinski definition) is 1. The molecule has 1 N–H and O–H groups in total. The van der Waals surface area contributed by atoms with E-state index in [-0.39, 0.29) is 11.8 Å². The predicted molar refractivity (Wildman–Crippen MR) is 108 cm³/mol. The third kappa shape index (κ3) is 4.02. The number of benzene rings is 2. The molecule has 1 saturated heterocycles. The van der Waals surface area contributed by atoms with E-state index in [4.69, 9.17) is 25.8 Å². The number of carbonyl (C=O) groups excluding carboxylic acids is 2. The van der Waals surface area contributed by atoms with Gasteiger partial charge in [0.15, 0.2) is 11.5 Å². The van der Waals surface area contributed by atoms with Gasteiger partial charge in [0.2, 0.25) is 0 Å². The zero-order valence-corrected chi connectivity index (χ0v) is 16.8. The number of fused-ring (bicyclic) bond motifs is 1. The number of rotatable bonds is 3. The van der Waals surface area contributed by atoms with Crippen LogP contribution in [-0.2, 0) is 4.74 Å². The third-order valence-electron chi connectivity index (χ3n) is 4.97. The molecule has 7 nitrogen and oxygen atoms in total. The van der Waals surface area contributed by atoms with Crippen LogP contribution in [0.4, 0.5) is 5.69 Å². The molecule has 0 unspecified atom stereocenters. The molecule has 0 spiro atoms. The third-order valence-corrected chi connectivity index (χ3v) is 5.25. The summed E-state index contributed by atoms with van der Waals surface area (Å²) < 4.78 is 16.3. The monoisotopic (exact) mass is 416 g/mol. The summed E-state index contributed by atoms with van der Waals surface area (Å²) in [6.45, 7) is 4.83. The Morgan fingerprint density at radius 3 is 2.62 bits per heavy atom. The fourth-order valence-corrected chi connectivity index (χ4v) is 3.64. The smallest absolute Gasteiger partial charge is 0.255 e. The number of carbonyl (C=O) groups is 2. The first-order chi connectivity index (χ1) is 14.0. The SMILES string of the molecule is Cc1c(NC(=O)c2cc(Cl)c3c(c2)OCCO3)cccc1C(=O)N1CCOCC1. The predicted octanol–water partition coefficient (Wildman–Crippen LogP) is 3.14. The van der Waals surface area contributed by atoms with Crippen molar-refractivity contribution in [2.75, 3.05) is 44.8 Å². The molecule has 2 heterocycles. The molecule has 0 aliphatic carbocycles. The summed E-state index contributed by atoms with van der Waals surface area (Å²) in [6.07, 6.45) is 0. The molecule has 2 aliphatic heterocycles. The van der Waals surface area contributed by atoms with Crippen LogP contribution >= 0.6 is 11.6 Å². The van der Waals surface area contributed by atoms with E-state index in [2.05, 4.69) is 5.32 Å². The van der Waals surface area contributed by atoms with Crippen LogP contribution in [0, 0.1) is 6.92 Å². The summed E-state index contributed by atoms with van der Waals surface area (Å²) in [4.78, 5) is 27.4. The topological polar surface area (TPSA) is 77.1 Å². The molecule has 0 aromatic heterocycles. The molecule has 2 aromatic rings. The normalized spacial score (nSPS) is 15.7. The van der Waals surface area contributed by atoms with Crippen LogP contribution in [0.3, 0.4) is 0 Å². The number of anilines is 1. The van der Waals surface area contributed by atoms with Crippen LogP contribution < -0.4 is 14.8 Å². The van der Waals surface area contributed by atoms with Crippen LogP contribution in [0.1, 0.15) is 26.3 Å². The van der Waals surface area contributed by atoms with E-state index in [1.807, 2.05) is 6.92 Å². The number of morpholine rings is 1. The lowest BCUT2D eigenvalue weighted by atomic mass is 10.0. The van der Waals surface area contributed by atoms with Gasteiger partial charge in [-0.15, -0.1) is 0 Å². The van der Waals surface area contributed by atoms with Gasteiger partial charge in [0.25, 0.3) is 11.8 Å². The lowest BCUT2D eigenvalue weighted by Gasteiger charge is -2.27. The Kier molecular flexibility index (Phi) is 5.60. The average molecular weight is 417 g/mol. The molecule has 152 valence electrons. The van der Waals surface area contributed by atoms with E-state index < -0.39 is 0 Å². The van der Waals surface area contributed by atoms with Gasteiger partial charge < -0.3 is 24.4 Å². The van der Waals surface area contributed by atoms with Gasteiger partial charge in [0.05, 0.1) is 18.2 Å². The molecule has 1 fully saturated rings. The van der Waals surface area contributed by atoms with Gasteiger partial charge in [0, 0.05) is 29.9 Å². The minimum Gasteiger partial charge on any atom is -0.486 e. The van der Waals surface area contributed by atoms with Crippen molar-refractivity contribution in [3.05, 3.63) is 52.0 Å². The molecular weight excluding hydrogens is 396 g/mol. The summed E-state index contributed by atoms with van der Waals surface area (Å²) in [5, 5.41) is 3.19. The van der Waals surface area contributed by atoms with Gasteiger partial charge in [-0.25, -0.2) is 0 Å². The van der Waals surface area contributed by atoms with Crippen molar-refractivity contribution in [3.63, 3.8) is 0 Å². The fourth-order valence-electron chi connectivity index (χ4n) is 3.38. The van der Waals surface area contributed by atoms with Crippen molar-refractivity contribution >= 4 is 29.1 Å². The van der Waals surface area contributed by atoms with E-state index in [0.29, 0.717) is 78.4 Å². The van der Waals surface area contributed by atoms with E-state index >= 15 is 0 Å². The lowest BCUT2D eigenvalue weighted by Crippen LogP contribution is -2.41. The second-order valence-corrected chi connectivity index (χ2v) is 7.23. The van der Waals surface area contributed by atoms with E-state index in [9.17, 15) is 9.59 Å². The quantitative estimate of drug-likeness (QED) is 0.831. The van der Waals surface area contributed by atoms with Crippen molar-refractivity contribution in [3.8, 4) is 11.5 Å². The highest BCUT2D eigenvalue weighted by Crippen LogP contribution is 2.38. The Bertz CT molecular complexity index is 956. The van der Waals surface area contributed by atoms with Gasteiger partial charge in [-0.3, -0.25) is 9.59 Å². The molecule has 2 aliphatic rings. The van der Waals surface area contributed by atoms with Crippen LogP contribution in [0.15, 0.2) is 30.3 Å². The zero-order valence-electron chi connectivity index (χ0n) is 16.0. The van der Waals surface area contributed by atoms with Crippen molar-refractivity contribution in [2.24, 2.45) is 0 Å². The highest BCUT2D eigenvalue weighted by atomic mass is 35.5. The van der Waals surface area contributed by atoms with Gasteiger partial charge in [-0.2, -0.15) is 0 Å². The Hall–Kier alpha value is -2.77. The summed E-state index contributed by atoms with van der Waals surface area (Å²) in [6, 6.07) is 8.44. The number of ether oxygens (including phenoxy) is 3. The summed E-state index contributed by atoms with van der Waals surface area (Å²) >= 11 is 6.23. The molecule has 0 atom stereocenters. The maximum absolute atomic E-state index is 12.8. The minimum atomic E-state index is -0.344. The van der Waals surface area contributed by atoms with Crippen LogP contribution in [0.5, 0.6) is 11.5 Å². The molecule has 2 aromatic carbocycles. The molecule has 8 heteroatoms. The molecular formula is C21H21ClN2O5. The van der Waals surface area contributed by atoms with E-state index in [0.717, 1.165) is 0 Å². The van der Waals surface area contributed by atoms with Gasteiger partial charge in [0.1, 0.15) is 13.2 Å². The Morgan fingerprint density at radius 1 is 1.07 bits per heavy atom. The molecule has 0 bridgehead atoms. The first-order valence-electron chi connectivity index (χ1n) is 9.41. The first-order valence-corrected chi connectivity index (χ1v) is 9.79. The maximum atomic E-state index is 12.8. The van der Waals surface area contributed by atoms with Crippen molar-refractivity contribution in [1.82, 2.24) is 4.90 Å². The van der Waals surface area contributed by atoms with Gasteiger partial charge in [-0.05, 0) is 36.8 Å². The van der Waals surface area contributed by atoms with Crippen LogP contribution in [-0.4, -0.2) is 56.2 Å². The molecule has 0 saturated carbocycles. The Labute approximate surface area is 173 Å².